The van der Waals surface area contributed by atoms with Crippen molar-refractivity contribution in [2.24, 2.45) is 0 Å². The smallest absolute Gasteiger partial charge is 0.261 e. The Morgan fingerprint density at radius 1 is 1.75 bits per heavy atom. The molecule has 1 amide bonds. The highest BCUT2D eigenvalue weighted by atomic mass is 35.5. The van der Waals surface area contributed by atoms with E-state index in [1.165, 1.54) is 6.20 Å². The van der Waals surface area contributed by atoms with Crippen LogP contribution >= 0.6 is 11.6 Å². The fraction of sp³-hybridized carbons (Fsp3) is 0.273. The zero-order valence-corrected chi connectivity index (χ0v) is 9.70. The van der Waals surface area contributed by atoms with E-state index in [-0.39, 0.29) is 5.91 Å². The summed E-state index contributed by atoms with van der Waals surface area (Å²) in [6, 6.07) is 3.26. The van der Waals surface area contributed by atoms with Crippen LogP contribution in [0.15, 0.2) is 31.0 Å². The molecule has 0 radical (unpaired) electrons. The van der Waals surface area contributed by atoms with Crippen LogP contribution in [0, 0.1) is 0 Å². The van der Waals surface area contributed by atoms with Gasteiger partial charge in [-0.3, -0.25) is 4.79 Å². The summed E-state index contributed by atoms with van der Waals surface area (Å²) in [4.78, 5) is 15.3. The molecule has 0 saturated heterocycles. The molecule has 5 heteroatoms. The summed E-state index contributed by atoms with van der Waals surface area (Å²) in [5.41, 5.74) is 0. The van der Waals surface area contributed by atoms with Crippen LogP contribution in [0.1, 0.15) is 6.92 Å². The standard InChI is InChI=1S/C11H13ClN2O2/c1-3-6-13-11(15)8(2)16-9-4-5-10(12)14-7-9/h3-5,7-8H,1,6H2,2H3,(H,13,15). The molecular weight excluding hydrogens is 228 g/mol. The number of hydrogen-bond acceptors (Lipinski definition) is 3. The van der Waals surface area contributed by atoms with E-state index in [2.05, 4.69) is 16.9 Å². The maximum Gasteiger partial charge on any atom is 0.261 e. The number of nitrogens with zero attached hydrogens (tertiary/aromatic N) is 1. The van der Waals surface area contributed by atoms with Gasteiger partial charge in [0.15, 0.2) is 6.10 Å². The maximum absolute atomic E-state index is 11.4. The third-order valence-corrected chi connectivity index (χ3v) is 2.03. The molecule has 0 spiro atoms. The number of hydrogen-bond donors (Lipinski definition) is 1. The van der Waals surface area contributed by atoms with Crippen LogP contribution in [0.25, 0.3) is 0 Å². The normalized spacial score (nSPS) is 11.6. The summed E-state index contributed by atoms with van der Waals surface area (Å²) in [5, 5.41) is 3.02. The van der Waals surface area contributed by atoms with E-state index in [1.807, 2.05) is 0 Å². The Balaban J connectivity index is 2.50. The van der Waals surface area contributed by atoms with E-state index in [4.69, 9.17) is 16.3 Å². The second-order valence-corrected chi connectivity index (χ2v) is 3.50. The molecule has 86 valence electrons. The van der Waals surface area contributed by atoms with Gasteiger partial charge in [-0.15, -0.1) is 6.58 Å². The minimum atomic E-state index is -0.581. The Kier molecular flexibility index (Phi) is 4.79. The molecule has 1 atom stereocenters. The Bertz CT molecular complexity index is 365. The Morgan fingerprint density at radius 2 is 2.50 bits per heavy atom. The molecular formula is C11H13ClN2O2. The molecule has 1 unspecified atom stereocenters. The molecule has 0 aliphatic heterocycles. The minimum absolute atomic E-state index is 0.199. The third kappa shape index (κ3) is 3.90. The van der Waals surface area contributed by atoms with E-state index in [1.54, 1.807) is 25.1 Å². The van der Waals surface area contributed by atoms with Gasteiger partial charge in [-0.2, -0.15) is 0 Å². The van der Waals surface area contributed by atoms with Crippen molar-refractivity contribution in [1.82, 2.24) is 10.3 Å². The lowest BCUT2D eigenvalue weighted by molar-refractivity contribution is -0.127. The van der Waals surface area contributed by atoms with Crippen LogP contribution in [0.5, 0.6) is 5.75 Å². The lowest BCUT2D eigenvalue weighted by Crippen LogP contribution is -2.36. The van der Waals surface area contributed by atoms with E-state index in [0.717, 1.165) is 0 Å². The van der Waals surface area contributed by atoms with Crippen molar-refractivity contribution in [2.45, 2.75) is 13.0 Å². The van der Waals surface area contributed by atoms with Gasteiger partial charge in [0.1, 0.15) is 10.9 Å². The van der Waals surface area contributed by atoms with Crippen LogP contribution < -0.4 is 10.1 Å². The molecule has 4 nitrogen and oxygen atoms in total. The van der Waals surface area contributed by atoms with Crippen LogP contribution in [0.3, 0.4) is 0 Å². The van der Waals surface area contributed by atoms with Gasteiger partial charge >= 0.3 is 0 Å². The summed E-state index contributed by atoms with van der Waals surface area (Å²) in [6.45, 7) is 5.59. The quantitative estimate of drug-likeness (QED) is 0.631. The molecule has 1 heterocycles. The number of aromatic nitrogens is 1. The van der Waals surface area contributed by atoms with Crippen molar-refractivity contribution in [3.05, 3.63) is 36.1 Å². The molecule has 1 N–H and O–H groups in total. The number of halogens is 1. The van der Waals surface area contributed by atoms with Gasteiger partial charge in [-0.1, -0.05) is 17.7 Å². The number of carbonyl (C=O) groups excluding carboxylic acids is 1. The van der Waals surface area contributed by atoms with Crippen molar-refractivity contribution < 1.29 is 9.53 Å². The van der Waals surface area contributed by atoms with E-state index in [0.29, 0.717) is 17.4 Å². The largest absolute Gasteiger partial charge is 0.479 e. The number of nitrogens with one attached hydrogen (secondary N) is 1. The number of ether oxygens (including phenoxy) is 1. The van der Waals surface area contributed by atoms with Gasteiger partial charge in [0.25, 0.3) is 5.91 Å². The van der Waals surface area contributed by atoms with Gasteiger partial charge in [0.05, 0.1) is 6.20 Å². The van der Waals surface area contributed by atoms with E-state index in [9.17, 15) is 4.79 Å². The molecule has 0 aromatic carbocycles. The zero-order valence-electron chi connectivity index (χ0n) is 8.94. The molecule has 16 heavy (non-hydrogen) atoms. The van der Waals surface area contributed by atoms with Crippen LogP contribution in [0.2, 0.25) is 5.15 Å². The highest BCUT2D eigenvalue weighted by Crippen LogP contribution is 2.13. The average molecular weight is 241 g/mol. The van der Waals surface area contributed by atoms with Crippen molar-refractivity contribution >= 4 is 17.5 Å². The first kappa shape index (κ1) is 12.5. The summed E-state index contributed by atoms with van der Waals surface area (Å²) >= 11 is 5.62. The number of pyridine rings is 1. The minimum Gasteiger partial charge on any atom is -0.479 e. The molecule has 1 rings (SSSR count). The van der Waals surface area contributed by atoms with Gasteiger partial charge in [-0.25, -0.2) is 4.98 Å². The third-order valence-electron chi connectivity index (χ3n) is 1.80. The number of amides is 1. The Hall–Kier alpha value is -1.55. The van der Waals surface area contributed by atoms with Gasteiger partial charge in [-0.05, 0) is 19.1 Å². The summed E-state index contributed by atoms with van der Waals surface area (Å²) in [7, 11) is 0. The predicted molar refractivity (Wildman–Crippen MR) is 62.5 cm³/mol. The lowest BCUT2D eigenvalue weighted by atomic mass is 10.3. The molecule has 0 aliphatic rings. The fourth-order valence-electron chi connectivity index (χ4n) is 1.01. The van der Waals surface area contributed by atoms with Gasteiger partial charge in [0, 0.05) is 6.54 Å². The molecule has 0 saturated carbocycles. The van der Waals surface area contributed by atoms with Crippen molar-refractivity contribution in [3.8, 4) is 5.75 Å². The molecule has 1 aromatic rings. The molecule has 1 aromatic heterocycles. The molecule has 0 fully saturated rings. The van der Waals surface area contributed by atoms with Crippen molar-refractivity contribution in [1.29, 1.82) is 0 Å². The molecule has 0 bridgehead atoms. The average Bonchev–Trinajstić information content (AvgIpc) is 2.29. The fourth-order valence-corrected chi connectivity index (χ4v) is 1.12. The van der Waals surface area contributed by atoms with Crippen LogP contribution in [-0.2, 0) is 4.79 Å². The highest BCUT2D eigenvalue weighted by molar-refractivity contribution is 6.29. The first-order valence-electron chi connectivity index (χ1n) is 4.80. The zero-order chi connectivity index (χ0) is 12.0. The predicted octanol–water partition coefficient (Wildman–Crippen LogP) is 1.80. The van der Waals surface area contributed by atoms with Crippen molar-refractivity contribution in [2.75, 3.05) is 6.54 Å². The first-order chi connectivity index (χ1) is 7.63. The van der Waals surface area contributed by atoms with E-state index >= 15 is 0 Å². The highest BCUT2D eigenvalue weighted by Gasteiger charge is 2.13. The first-order valence-corrected chi connectivity index (χ1v) is 5.18. The van der Waals surface area contributed by atoms with Gasteiger partial charge in [0.2, 0.25) is 0 Å². The maximum atomic E-state index is 11.4. The van der Waals surface area contributed by atoms with Crippen LogP contribution in [-0.4, -0.2) is 23.5 Å². The van der Waals surface area contributed by atoms with E-state index < -0.39 is 6.10 Å². The number of rotatable bonds is 5. The SMILES string of the molecule is C=CCNC(=O)C(C)Oc1ccc(Cl)nc1. The number of carbonyl (C=O) groups is 1. The van der Waals surface area contributed by atoms with Crippen LogP contribution in [0.4, 0.5) is 0 Å². The van der Waals surface area contributed by atoms with Gasteiger partial charge < -0.3 is 10.1 Å². The lowest BCUT2D eigenvalue weighted by Gasteiger charge is -2.13. The Morgan fingerprint density at radius 3 is 3.06 bits per heavy atom. The second kappa shape index (κ2) is 6.12. The second-order valence-electron chi connectivity index (χ2n) is 3.11. The Labute approximate surface area is 99.3 Å². The van der Waals surface area contributed by atoms with Crippen molar-refractivity contribution in [3.63, 3.8) is 0 Å². The summed E-state index contributed by atoms with van der Waals surface area (Å²) in [6.07, 6.45) is 2.50. The topological polar surface area (TPSA) is 51.2 Å². The summed E-state index contributed by atoms with van der Waals surface area (Å²) in [5.74, 6) is 0.306. The molecule has 0 aliphatic carbocycles. The summed E-state index contributed by atoms with van der Waals surface area (Å²) < 4.78 is 5.36. The monoisotopic (exact) mass is 240 g/mol.